The molecule has 0 saturated carbocycles. The summed E-state index contributed by atoms with van der Waals surface area (Å²) < 4.78 is 7.31. The van der Waals surface area contributed by atoms with Crippen molar-refractivity contribution in [3.05, 3.63) is 79.4 Å². The number of nitrogens with one attached hydrogen (secondary N) is 1. The molecular formula is C28H25N5O3. The Labute approximate surface area is 208 Å². The van der Waals surface area contributed by atoms with Gasteiger partial charge in [0, 0.05) is 40.8 Å². The molecule has 8 nitrogen and oxygen atoms in total. The molecule has 0 unspecified atom stereocenters. The lowest BCUT2D eigenvalue weighted by Crippen LogP contribution is -2.23. The molecule has 8 heteroatoms. The van der Waals surface area contributed by atoms with E-state index >= 15 is 0 Å². The Morgan fingerprint density at radius 1 is 1.14 bits per heavy atom. The Morgan fingerprint density at radius 2 is 1.94 bits per heavy atom. The third-order valence-electron chi connectivity index (χ3n) is 5.50. The first-order chi connectivity index (χ1) is 17.2. The monoisotopic (exact) mass is 479 g/mol. The minimum atomic E-state index is -0.634. The van der Waals surface area contributed by atoms with Crippen molar-refractivity contribution in [2.45, 2.75) is 27.5 Å². The van der Waals surface area contributed by atoms with E-state index in [1.54, 1.807) is 49.9 Å². The number of benzene rings is 1. The first-order valence-electron chi connectivity index (χ1n) is 11.3. The molecule has 0 aliphatic rings. The van der Waals surface area contributed by atoms with Crippen LogP contribution in [-0.4, -0.2) is 26.4 Å². The number of nitriles is 1. The number of hydrogen-bond donors (Lipinski definition) is 1. The van der Waals surface area contributed by atoms with Gasteiger partial charge in [0.25, 0.3) is 0 Å². The SMILES string of the molecule is C=CC(=O)Nc1cccc(-c2cnc3c(c2)c(-c2ccnc(C#N)c2)cn3COC(=O)C(C)(C)C)c1. The maximum absolute atomic E-state index is 12.4. The normalized spacial score (nSPS) is 11.1. The van der Waals surface area contributed by atoms with Gasteiger partial charge >= 0.3 is 5.97 Å². The van der Waals surface area contributed by atoms with E-state index in [2.05, 4.69) is 27.9 Å². The molecule has 0 atom stereocenters. The van der Waals surface area contributed by atoms with Gasteiger partial charge in [-0.3, -0.25) is 14.2 Å². The Bertz CT molecular complexity index is 1520. The van der Waals surface area contributed by atoms with Crippen LogP contribution in [0.1, 0.15) is 26.5 Å². The Balaban J connectivity index is 1.81. The zero-order chi connectivity index (χ0) is 25.9. The van der Waals surface area contributed by atoms with Crippen molar-refractivity contribution < 1.29 is 14.3 Å². The van der Waals surface area contributed by atoms with Gasteiger partial charge in [-0.05, 0) is 68.3 Å². The zero-order valence-electron chi connectivity index (χ0n) is 20.3. The Hall–Kier alpha value is -4.77. The van der Waals surface area contributed by atoms with E-state index < -0.39 is 5.41 Å². The van der Waals surface area contributed by atoms with E-state index in [0.29, 0.717) is 17.0 Å². The zero-order valence-corrected chi connectivity index (χ0v) is 20.3. The van der Waals surface area contributed by atoms with E-state index in [9.17, 15) is 14.9 Å². The van der Waals surface area contributed by atoms with Crippen molar-refractivity contribution in [3.8, 4) is 28.3 Å². The van der Waals surface area contributed by atoms with Gasteiger partial charge in [-0.25, -0.2) is 9.97 Å². The predicted molar refractivity (Wildman–Crippen MR) is 137 cm³/mol. The summed E-state index contributed by atoms with van der Waals surface area (Å²) in [7, 11) is 0. The average molecular weight is 480 g/mol. The fourth-order valence-electron chi connectivity index (χ4n) is 3.63. The molecule has 4 rings (SSSR count). The first kappa shape index (κ1) is 24.4. The van der Waals surface area contributed by atoms with Gasteiger partial charge in [0.1, 0.15) is 17.4 Å². The summed E-state index contributed by atoms with van der Waals surface area (Å²) in [6.45, 7) is 8.87. The summed E-state index contributed by atoms with van der Waals surface area (Å²) in [5.74, 6) is -0.618. The van der Waals surface area contributed by atoms with E-state index in [-0.39, 0.29) is 18.6 Å². The molecule has 4 aromatic rings. The summed E-state index contributed by atoms with van der Waals surface area (Å²) in [6, 6.07) is 15.0. The molecule has 0 aliphatic carbocycles. The topological polar surface area (TPSA) is 110 Å². The highest BCUT2D eigenvalue weighted by atomic mass is 16.5. The van der Waals surface area contributed by atoms with Gasteiger partial charge in [0.15, 0.2) is 6.73 Å². The number of carbonyl (C=O) groups is 2. The number of anilines is 1. The van der Waals surface area contributed by atoms with E-state index in [1.165, 1.54) is 6.08 Å². The lowest BCUT2D eigenvalue weighted by atomic mass is 9.98. The number of amides is 1. The fourth-order valence-corrected chi connectivity index (χ4v) is 3.63. The number of pyridine rings is 2. The molecule has 1 amide bonds. The summed E-state index contributed by atoms with van der Waals surface area (Å²) in [6.07, 6.45) is 6.39. The number of nitrogens with zero attached hydrogens (tertiary/aromatic N) is 4. The number of ether oxygens (including phenoxy) is 1. The molecule has 3 heterocycles. The molecule has 1 aromatic carbocycles. The molecule has 36 heavy (non-hydrogen) atoms. The van der Waals surface area contributed by atoms with Gasteiger partial charge < -0.3 is 10.1 Å². The summed E-state index contributed by atoms with van der Waals surface area (Å²) in [4.78, 5) is 32.8. The summed E-state index contributed by atoms with van der Waals surface area (Å²) in [5.41, 5.74) is 4.22. The van der Waals surface area contributed by atoms with Gasteiger partial charge in [0.2, 0.25) is 5.91 Å². The first-order valence-corrected chi connectivity index (χ1v) is 11.3. The van der Waals surface area contributed by atoms with Crippen LogP contribution in [0, 0.1) is 16.7 Å². The van der Waals surface area contributed by atoms with Crippen molar-refractivity contribution in [2.75, 3.05) is 5.32 Å². The minimum absolute atomic E-state index is 0.00178. The van der Waals surface area contributed by atoms with Crippen LogP contribution in [0.4, 0.5) is 5.69 Å². The average Bonchev–Trinajstić information content (AvgIpc) is 3.24. The Kier molecular flexibility index (Phi) is 6.66. The molecule has 3 aromatic heterocycles. The number of fused-ring (bicyclic) bond motifs is 1. The third kappa shape index (κ3) is 5.15. The molecule has 1 N–H and O–H groups in total. The van der Waals surface area contributed by atoms with Crippen molar-refractivity contribution >= 4 is 28.6 Å². The second-order valence-corrected chi connectivity index (χ2v) is 9.23. The molecule has 0 radical (unpaired) electrons. The van der Waals surface area contributed by atoms with E-state index in [0.717, 1.165) is 27.6 Å². The number of aromatic nitrogens is 3. The van der Waals surface area contributed by atoms with Crippen LogP contribution >= 0.6 is 0 Å². The highest BCUT2D eigenvalue weighted by molar-refractivity contribution is 6.00. The number of hydrogen-bond acceptors (Lipinski definition) is 6. The number of rotatable bonds is 6. The van der Waals surface area contributed by atoms with E-state index in [1.807, 2.05) is 36.5 Å². The van der Waals surface area contributed by atoms with Gasteiger partial charge in [0.05, 0.1) is 5.41 Å². The van der Waals surface area contributed by atoms with E-state index in [4.69, 9.17) is 4.74 Å². The van der Waals surface area contributed by atoms with Crippen molar-refractivity contribution in [1.82, 2.24) is 14.5 Å². The maximum atomic E-state index is 12.4. The smallest absolute Gasteiger partial charge is 0.312 e. The van der Waals surface area contributed by atoms with Crippen LogP contribution in [0.25, 0.3) is 33.3 Å². The van der Waals surface area contributed by atoms with Gasteiger partial charge in [-0.15, -0.1) is 0 Å². The summed E-state index contributed by atoms with van der Waals surface area (Å²) >= 11 is 0. The largest absolute Gasteiger partial charge is 0.443 e. The molecule has 0 bridgehead atoms. The second kappa shape index (κ2) is 9.84. The maximum Gasteiger partial charge on any atom is 0.312 e. The minimum Gasteiger partial charge on any atom is -0.443 e. The van der Waals surface area contributed by atoms with Gasteiger partial charge in [-0.1, -0.05) is 18.7 Å². The van der Waals surface area contributed by atoms with Gasteiger partial charge in [-0.2, -0.15) is 5.26 Å². The molecule has 180 valence electrons. The third-order valence-corrected chi connectivity index (χ3v) is 5.50. The lowest BCUT2D eigenvalue weighted by Gasteiger charge is -2.17. The lowest BCUT2D eigenvalue weighted by molar-refractivity contribution is -0.156. The highest BCUT2D eigenvalue weighted by Crippen LogP contribution is 2.33. The predicted octanol–water partition coefficient (Wildman–Crippen LogP) is 5.31. The fraction of sp³-hybridized carbons (Fsp3) is 0.179. The molecule has 0 fully saturated rings. The highest BCUT2D eigenvalue weighted by Gasteiger charge is 2.23. The molecule has 0 saturated heterocycles. The number of carbonyl (C=O) groups excluding carboxylic acids is 2. The van der Waals surface area contributed by atoms with Crippen LogP contribution in [0.15, 0.2) is 73.7 Å². The standard InChI is InChI=1S/C28H25N5O3/c1-5-25(34)32-21-8-6-7-18(11-21)20-13-23-24(19-9-10-30-22(12-19)14-29)16-33(26(23)31-15-20)17-36-27(35)28(2,3)4/h5-13,15-16H,1,17H2,2-4H3,(H,32,34). The molecule has 0 spiro atoms. The van der Waals surface area contributed by atoms with Crippen LogP contribution in [0.2, 0.25) is 0 Å². The molecular weight excluding hydrogens is 454 g/mol. The van der Waals surface area contributed by atoms with Crippen LogP contribution < -0.4 is 5.32 Å². The quantitative estimate of drug-likeness (QED) is 0.296. The van der Waals surface area contributed by atoms with Crippen LogP contribution in [0.5, 0.6) is 0 Å². The van der Waals surface area contributed by atoms with Crippen molar-refractivity contribution in [3.63, 3.8) is 0 Å². The Morgan fingerprint density at radius 3 is 2.67 bits per heavy atom. The van der Waals surface area contributed by atoms with Crippen molar-refractivity contribution in [2.24, 2.45) is 5.41 Å². The van der Waals surface area contributed by atoms with Crippen molar-refractivity contribution in [1.29, 1.82) is 5.26 Å². The summed E-state index contributed by atoms with van der Waals surface area (Å²) in [5, 5.41) is 12.9. The number of esters is 1. The molecule has 0 aliphatic heterocycles. The van der Waals surface area contributed by atoms with Crippen LogP contribution in [-0.2, 0) is 21.1 Å². The second-order valence-electron chi connectivity index (χ2n) is 9.23. The van der Waals surface area contributed by atoms with Crippen LogP contribution in [0.3, 0.4) is 0 Å².